The quantitative estimate of drug-likeness (QED) is 0.680. The molecule has 0 aliphatic rings. The topological polar surface area (TPSA) is 66.4 Å². The smallest absolute Gasteiger partial charge is 0.306 e. The van der Waals surface area contributed by atoms with E-state index in [-0.39, 0.29) is 11.8 Å². The number of hydrogen-bond acceptors (Lipinski definition) is 2. The number of hydrogen-bond donors (Lipinski definition) is 2. The van der Waals surface area contributed by atoms with Gasteiger partial charge >= 0.3 is 5.97 Å². The number of rotatable bonds is 6. The Morgan fingerprint density at radius 3 is 2.29 bits per heavy atom. The minimum atomic E-state index is -0.774. The fraction of sp³-hybridized carbons (Fsp3) is 0.800. The third-order valence-corrected chi connectivity index (χ3v) is 1.97. The highest BCUT2D eigenvalue weighted by molar-refractivity contribution is 5.73. The molecule has 1 amide bonds. The molecule has 0 saturated carbocycles. The second-order valence-electron chi connectivity index (χ2n) is 3.94. The Hall–Kier alpha value is -1.06. The summed E-state index contributed by atoms with van der Waals surface area (Å²) < 4.78 is 0. The Kier molecular flexibility index (Phi) is 5.92. The molecule has 0 aromatic rings. The van der Waals surface area contributed by atoms with Crippen molar-refractivity contribution in [3.05, 3.63) is 0 Å². The average molecular weight is 201 g/mol. The molecule has 82 valence electrons. The van der Waals surface area contributed by atoms with E-state index in [0.717, 1.165) is 0 Å². The Labute approximate surface area is 84.7 Å². The molecule has 1 atom stereocenters. The van der Waals surface area contributed by atoms with E-state index in [2.05, 4.69) is 5.32 Å². The lowest BCUT2D eigenvalue weighted by Gasteiger charge is -2.14. The molecule has 0 rings (SSSR count). The van der Waals surface area contributed by atoms with Crippen LogP contribution >= 0.6 is 0 Å². The van der Waals surface area contributed by atoms with E-state index in [1.165, 1.54) is 6.92 Å². The first-order valence-corrected chi connectivity index (χ1v) is 4.90. The van der Waals surface area contributed by atoms with E-state index in [4.69, 9.17) is 5.11 Å². The van der Waals surface area contributed by atoms with E-state index in [1.54, 1.807) is 0 Å². The Balaban J connectivity index is 3.85. The van der Waals surface area contributed by atoms with Crippen LogP contribution in [0.15, 0.2) is 0 Å². The summed E-state index contributed by atoms with van der Waals surface area (Å²) in [5.74, 6) is -0.863. The molecular weight excluding hydrogens is 182 g/mol. The summed E-state index contributed by atoms with van der Waals surface area (Å²) in [5.41, 5.74) is 0. The van der Waals surface area contributed by atoms with Crippen molar-refractivity contribution in [3.63, 3.8) is 0 Å². The highest BCUT2D eigenvalue weighted by Crippen LogP contribution is 2.14. The maximum Gasteiger partial charge on any atom is 0.306 e. The van der Waals surface area contributed by atoms with Gasteiger partial charge in [0.1, 0.15) is 0 Å². The van der Waals surface area contributed by atoms with E-state index in [9.17, 15) is 9.59 Å². The predicted molar refractivity (Wildman–Crippen MR) is 53.9 cm³/mol. The van der Waals surface area contributed by atoms with Gasteiger partial charge in [-0.25, -0.2) is 0 Å². The number of carboxylic acids is 1. The summed E-state index contributed by atoms with van der Waals surface area (Å²) in [6.07, 6.45) is 1.17. The molecule has 0 radical (unpaired) electrons. The molecule has 4 nitrogen and oxygen atoms in total. The van der Waals surface area contributed by atoms with Crippen molar-refractivity contribution in [3.8, 4) is 0 Å². The average Bonchev–Trinajstić information content (AvgIpc) is 2.00. The van der Waals surface area contributed by atoms with E-state index in [1.807, 2.05) is 13.8 Å². The van der Waals surface area contributed by atoms with Crippen molar-refractivity contribution < 1.29 is 14.7 Å². The second-order valence-corrected chi connectivity index (χ2v) is 3.94. The molecule has 0 heterocycles. The summed E-state index contributed by atoms with van der Waals surface area (Å²) in [5, 5.41) is 11.5. The van der Waals surface area contributed by atoms with Crippen LogP contribution in [0.2, 0.25) is 0 Å². The highest BCUT2D eigenvalue weighted by atomic mass is 16.4. The number of carboxylic acid groups (broad SMARTS) is 1. The second kappa shape index (κ2) is 6.40. The van der Waals surface area contributed by atoms with Crippen molar-refractivity contribution >= 4 is 11.9 Å². The van der Waals surface area contributed by atoms with Crippen LogP contribution in [0.3, 0.4) is 0 Å². The van der Waals surface area contributed by atoms with Gasteiger partial charge < -0.3 is 10.4 Å². The van der Waals surface area contributed by atoms with E-state index >= 15 is 0 Å². The molecule has 0 aromatic carbocycles. The van der Waals surface area contributed by atoms with Crippen molar-refractivity contribution in [2.75, 3.05) is 6.54 Å². The van der Waals surface area contributed by atoms with Gasteiger partial charge in [-0.3, -0.25) is 9.59 Å². The first-order chi connectivity index (χ1) is 6.43. The van der Waals surface area contributed by atoms with Gasteiger partial charge in [-0.15, -0.1) is 0 Å². The maximum atomic E-state index is 10.8. The number of amides is 1. The highest BCUT2D eigenvalue weighted by Gasteiger charge is 2.18. The van der Waals surface area contributed by atoms with Gasteiger partial charge in [-0.2, -0.15) is 0 Å². The van der Waals surface area contributed by atoms with Crippen molar-refractivity contribution in [1.82, 2.24) is 5.32 Å². The fourth-order valence-corrected chi connectivity index (χ4v) is 1.33. The Morgan fingerprint density at radius 2 is 1.93 bits per heavy atom. The van der Waals surface area contributed by atoms with Crippen LogP contribution in [0.25, 0.3) is 0 Å². The molecule has 4 heteroatoms. The molecule has 0 saturated heterocycles. The van der Waals surface area contributed by atoms with Crippen LogP contribution in [0.5, 0.6) is 0 Å². The zero-order valence-corrected chi connectivity index (χ0v) is 9.04. The summed E-state index contributed by atoms with van der Waals surface area (Å²) in [6.45, 7) is 5.86. The van der Waals surface area contributed by atoms with Crippen molar-refractivity contribution in [2.24, 2.45) is 11.8 Å². The molecule has 2 N–H and O–H groups in total. The lowest BCUT2D eigenvalue weighted by Crippen LogP contribution is -2.26. The monoisotopic (exact) mass is 201 g/mol. The summed E-state index contributed by atoms with van der Waals surface area (Å²) in [6, 6.07) is 0. The zero-order chi connectivity index (χ0) is 11.1. The molecular formula is C10H19NO3. The van der Waals surface area contributed by atoms with Crippen molar-refractivity contribution in [2.45, 2.75) is 33.6 Å². The summed E-state index contributed by atoms with van der Waals surface area (Å²) in [4.78, 5) is 21.4. The summed E-state index contributed by atoms with van der Waals surface area (Å²) >= 11 is 0. The molecule has 14 heavy (non-hydrogen) atoms. The fourth-order valence-electron chi connectivity index (χ4n) is 1.33. The molecule has 0 aliphatic heterocycles. The number of carbonyl (C=O) groups is 2. The van der Waals surface area contributed by atoms with Gasteiger partial charge in [0.15, 0.2) is 0 Å². The third kappa shape index (κ3) is 6.46. The SMILES string of the molecule is CC(=O)NCCC(CC(C)C)C(=O)O. The number of aliphatic carboxylic acids is 1. The van der Waals surface area contributed by atoms with Gasteiger partial charge in [0, 0.05) is 13.5 Å². The zero-order valence-electron chi connectivity index (χ0n) is 9.04. The van der Waals surface area contributed by atoms with Gasteiger partial charge in [0.2, 0.25) is 5.91 Å². The molecule has 0 spiro atoms. The Bertz CT molecular complexity index is 202. The minimum absolute atomic E-state index is 0.112. The molecule has 0 fully saturated rings. The maximum absolute atomic E-state index is 10.8. The largest absolute Gasteiger partial charge is 0.481 e. The van der Waals surface area contributed by atoms with E-state index < -0.39 is 5.97 Å². The molecule has 1 unspecified atom stereocenters. The van der Waals surface area contributed by atoms with Gasteiger partial charge in [-0.05, 0) is 18.8 Å². The lowest BCUT2D eigenvalue weighted by atomic mass is 9.94. The third-order valence-electron chi connectivity index (χ3n) is 1.97. The van der Waals surface area contributed by atoms with Crippen LogP contribution in [0, 0.1) is 11.8 Å². The van der Waals surface area contributed by atoms with Crippen molar-refractivity contribution in [1.29, 1.82) is 0 Å². The molecule has 0 bridgehead atoms. The van der Waals surface area contributed by atoms with E-state index in [0.29, 0.717) is 25.3 Å². The number of nitrogens with one attached hydrogen (secondary N) is 1. The van der Waals surface area contributed by atoms with Gasteiger partial charge in [0.05, 0.1) is 5.92 Å². The first-order valence-electron chi connectivity index (χ1n) is 4.90. The normalized spacial score (nSPS) is 12.6. The van der Waals surface area contributed by atoms with Crippen LogP contribution in [-0.4, -0.2) is 23.5 Å². The van der Waals surface area contributed by atoms with Crippen LogP contribution in [-0.2, 0) is 9.59 Å². The molecule has 0 aromatic heterocycles. The Morgan fingerprint density at radius 1 is 1.36 bits per heavy atom. The molecule has 0 aliphatic carbocycles. The lowest BCUT2D eigenvalue weighted by molar-refractivity contribution is -0.142. The standard InChI is InChI=1S/C10H19NO3/c1-7(2)6-9(10(13)14)4-5-11-8(3)12/h7,9H,4-6H2,1-3H3,(H,11,12)(H,13,14). The predicted octanol–water partition coefficient (Wildman–Crippen LogP) is 1.26. The van der Waals surface area contributed by atoms with Crippen LogP contribution in [0.1, 0.15) is 33.6 Å². The van der Waals surface area contributed by atoms with Gasteiger partial charge in [0.25, 0.3) is 0 Å². The van der Waals surface area contributed by atoms with Crippen LogP contribution < -0.4 is 5.32 Å². The number of carbonyl (C=O) groups excluding carboxylic acids is 1. The summed E-state index contributed by atoms with van der Waals surface area (Å²) in [7, 11) is 0. The minimum Gasteiger partial charge on any atom is -0.481 e. The van der Waals surface area contributed by atoms with Gasteiger partial charge in [-0.1, -0.05) is 13.8 Å². The first kappa shape index (κ1) is 12.9. The van der Waals surface area contributed by atoms with Crippen LogP contribution in [0.4, 0.5) is 0 Å².